The van der Waals surface area contributed by atoms with Gasteiger partial charge in [-0.1, -0.05) is 6.07 Å². The van der Waals surface area contributed by atoms with Crippen molar-refractivity contribution in [2.75, 3.05) is 13.7 Å². The Kier molecular flexibility index (Phi) is 5.44. The van der Waals surface area contributed by atoms with Crippen LogP contribution in [0.2, 0.25) is 0 Å². The molecule has 0 heterocycles. The molecule has 0 aromatic heterocycles. The van der Waals surface area contributed by atoms with Gasteiger partial charge in [0.25, 0.3) is 0 Å². The normalized spacial score (nSPS) is 13.9. The Morgan fingerprint density at radius 3 is 2.35 bits per heavy atom. The molecule has 6 heteroatoms. The van der Waals surface area contributed by atoms with Gasteiger partial charge in [-0.3, -0.25) is 5.32 Å². The molecule has 112 valence electrons. The summed E-state index contributed by atoms with van der Waals surface area (Å²) in [6.45, 7) is 4.98. The van der Waals surface area contributed by atoms with Crippen LogP contribution in [0, 0.1) is 11.6 Å². The molecule has 20 heavy (non-hydrogen) atoms. The van der Waals surface area contributed by atoms with Crippen molar-refractivity contribution in [2.45, 2.75) is 32.4 Å². The molecule has 0 fully saturated rings. The fourth-order valence-corrected chi connectivity index (χ4v) is 1.86. The maximum Gasteiger partial charge on any atom is 0.329 e. The van der Waals surface area contributed by atoms with E-state index in [0.717, 1.165) is 12.1 Å². The van der Waals surface area contributed by atoms with Crippen molar-refractivity contribution in [3.05, 3.63) is 29.8 Å². The number of benzene rings is 1. The third-order valence-corrected chi connectivity index (χ3v) is 2.67. The van der Waals surface area contributed by atoms with Gasteiger partial charge >= 0.3 is 5.97 Å². The molecule has 0 radical (unpaired) electrons. The van der Waals surface area contributed by atoms with E-state index in [1.165, 1.54) is 13.2 Å². The van der Waals surface area contributed by atoms with E-state index in [1.54, 1.807) is 6.92 Å². The van der Waals surface area contributed by atoms with Crippen LogP contribution >= 0.6 is 0 Å². The number of carbonyl (C=O) groups excluding carboxylic acids is 1. The van der Waals surface area contributed by atoms with Crippen LogP contribution < -0.4 is 10.1 Å². The standard InChI is InChI=1S/C14H19F2NO3/c1-9(2)17-14(3,13(18)19-4)8-20-12-10(15)6-5-7-11(12)16/h5-7,9,17H,8H2,1-4H3. The summed E-state index contributed by atoms with van der Waals surface area (Å²) in [6.07, 6.45) is 0. The molecule has 0 aliphatic rings. The van der Waals surface area contributed by atoms with Crippen molar-refractivity contribution in [3.63, 3.8) is 0 Å². The predicted octanol–water partition coefficient (Wildman–Crippen LogP) is 2.27. The monoisotopic (exact) mass is 287 g/mol. The molecular formula is C14H19F2NO3. The van der Waals surface area contributed by atoms with Crippen molar-refractivity contribution < 1.29 is 23.0 Å². The van der Waals surface area contributed by atoms with E-state index in [2.05, 4.69) is 5.32 Å². The Balaban J connectivity index is 2.89. The van der Waals surface area contributed by atoms with E-state index in [9.17, 15) is 13.6 Å². The second-order valence-electron chi connectivity index (χ2n) is 4.96. The van der Waals surface area contributed by atoms with Crippen LogP contribution in [0.1, 0.15) is 20.8 Å². The third-order valence-electron chi connectivity index (χ3n) is 2.67. The summed E-state index contributed by atoms with van der Waals surface area (Å²) in [7, 11) is 1.24. The Morgan fingerprint density at radius 1 is 1.35 bits per heavy atom. The first-order valence-electron chi connectivity index (χ1n) is 6.23. The zero-order valence-electron chi connectivity index (χ0n) is 12.0. The molecular weight excluding hydrogens is 268 g/mol. The molecule has 1 N–H and O–H groups in total. The Hall–Kier alpha value is -1.69. The smallest absolute Gasteiger partial charge is 0.329 e. The van der Waals surface area contributed by atoms with Crippen LogP contribution in [0.25, 0.3) is 0 Å². The van der Waals surface area contributed by atoms with E-state index in [-0.39, 0.29) is 12.6 Å². The molecule has 0 saturated carbocycles. The van der Waals surface area contributed by atoms with Gasteiger partial charge in [0.15, 0.2) is 17.4 Å². The minimum Gasteiger partial charge on any atom is -0.485 e. The largest absolute Gasteiger partial charge is 0.485 e. The summed E-state index contributed by atoms with van der Waals surface area (Å²) in [5, 5.41) is 2.97. The van der Waals surface area contributed by atoms with Gasteiger partial charge in [-0.15, -0.1) is 0 Å². The van der Waals surface area contributed by atoms with Gasteiger partial charge in [0, 0.05) is 6.04 Å². The van der Waals surface area contributed by atoms with Crippen LogP contribution in [-0.2, 0) is 9.53 Å². The average molecular weight is 287 g/mol. The van der Waals surface area contributed by atoms with E-state index >= 15 is 0 Å². The molecule has 1 aromatic carbocycles. The van der Waals surface area contributed by atoms with Gasteiger partial charge in [0.2, 0.25) is 0 Å². The SMILES string of the molecule is COC(=O)C(C)(COc1c(F)cccc1F)NC(C)C. The highest BCUT2D eigenvalue weighted by Crippen LogP contribution is 2.22. The average Bonchev–Trinajstić information content (AvgIpc) is 2.36. The lowest BCUT2D eigenvalue weighted by molar-refractivity contribution is -0.149. The van der Waals surface area contributed by atoms with Crippen LogP contribution in [-0.4, -0.2) is 31.3 Å². The summed E-state index contributed by atoms with van der Waals surface area (Å²) < 4.78 is 36.8. The Bertz CT molecular complexity index is 459. The zero-order valence-corrected chi connectivity index (χ0v) is 12.0. The van der Waals surface area contributed by atoms with Gasteiger partial charge in [-0.05, 0) is 32.9 Å². The molecule has 1 rings (SSSR count). The quantitative estimate of drug-likeness (QED) is 0.815. The number of nitrogens with one attached hydrogen (secondary N) is 1. The van der Waals surface area contributed by atoms with Crippen molar-refractivity contribution in [1.29, 1.82) is 0 Å². The maximum absolute atomic E-state index is 13.5. The van der Waals surface area contributed by atoms with E-state index in [0.29, 0.717) is 0 Å². The number of hydrogen-bond donors (Lipinski definition) is 1. The number of methoxy groups -OCH3 is 1. The Labute approximate surface area is 117 Å². The van der Waals surface area contributed by atoms with Crippen molar-refractivity contribution in [3.8, 4) is 5.75 Å². The van der Waals surface area contributed by atoms with Crippen LogP contribution in [0.3, 0.4) is 0 Å². The lowest BCUT2D eigenvalue weighted by Crippen LogP contribution is -2.56. The minimum atomic E-state index is -1.20. The zero-order chi connectivity index (χ0) is 15.3. The Morgan fingerprint density at radius 2 is 1.90 bits per heavy atom. The third kappa shape index (κ3) is 3.90. The van der Waals surface area contributed by atoms with Gasteiger partial charge in [0.1, 0.15) is 12.1 Å². The molecule has 0 spiro atoms. The number of carbonyl (C=O) groups is 1. The maximum atomic E-state index is 13.5. The summed E-state index contributed by atoms with van der Waals surface area (Å²) in [5.74, 6) is -2.71. The molecule has 0 bridgehead atoms. The molecule has 0 saturated heterocycles. The van der Waals surface area contributed by atoms with Gasteiger partial charge in [0.05, 0.1) is 7.11 Å². The highest BCUT2D eigenvalue weighted by atomic mass is 19.1. The molecule has 0 aliphatic carbocycles. The highest BCUT2D eigenvalue weighted by Gasteiger charge is 2.36. The summed E-state index contributed by atoms with van der Waals surface area (Å²) in [6, 6.07) is 3.38. The lowest BCUT2D eigenvalue weighted by Gasteiger charge is -2.30. The fraction of sp³-hybridized carbons (Fsp3) is 0.500. The molecule has 1 unspecified atom stereocenters. The fourth-order valence-electron chi connectivity index (χ4n) is 1.86. The van der Waals surface area contributed by atoms with Crippen LogP contribution in [0.15, 0.2) is 18.2 Å². The van der Waals surface area contributed by atoms with Crippen LogP contribution in [0.4, 0.5) is 8.78 Å². The number of ether oxygens (including phenoxy) is 2. The first-order chi connectivity index (χ1) is 9.30. The van der Waals surface area contributed by atoms with E-state index < -0.39 is 28.9 Å². The second kappa shape index (κ2) is 6.65. The highest BCUT2D eigenvalue weighted by molar-refractivity contribution is 5.80. The predicted molar refractivity (Wildman–Crippen MR) is 70.5 cm³/mol. The number of esters is 1. The second-order valence-corrected chi connectivity index (χ2v) is 4.96. The number of halogens is 2. The first-order valence-corrected chi connectivity index (χ1v) is 6.23. The first kappa shape index (κ1) is 16.4. The number of para-hydroxylation sites is 1. The molecule has 1 atom stereocenters. The molecule has 0 aliphatic heterocycles. The summed E-state index contributed by atoms with van der Waals surface area (Å²) in [5.41, 5.74) is -1.20. The van der Waals surface area contributed by atoms with E-state index in [4.69, 9.17) is 9.47 Å². The van der Waals surface area contributed by atoms with Crippen molar-refractivity contribution in [2.24, 2.45) is 0 Å². The molecule has 1 aromatic rings. The molecule has 4 nitrogen and oxygen atoms in total. The van der Waals surface area contributed by atoms with Gasteiger partial charge in [-0.2, -0.15) is 0 Å². The minimum absolute atomic E-state index is 0.0341. The van der Waals surface area contributed by atoms with Crippen molar-refractivity contribution in [1.82, 2.24) is 5.32 Å². The summed E-state index contributed by atoms with van der Waals surface area (Å²) >= 11 is 0. The van der Waals surface area contributed by atoms with E-state index in [1.807, 2.05) is 13.8 Å². The van der Waals surface area contributed by atoms with Crippen LogP contribution in [0.5, 0.6) is 5.75 Å². The van der Waals surface area contributed by atoms with Gasteiger partial charge < -0.3 is 9.47 Å². The van der Waals surface area contributed by atoms with Gasteiger partial charge in [-0.25, -0.2) is 13.6 Å². The molecule has 0 amide bonds. The number of hydrogen-bond acceptors (Lipinski definition) is 4. The lowest BCUT2D eigenvalue weighted by atomic mass is 10.0. The van der Waals surface area contributed by atoms with Crippen molar-refractivity contribution >= 4 is 5.97 Å². The number of rotatable bonds is 6. The summed E-state index contributed by atoms with van der Waals surface area (Å²) in [4.78, 5) is 11.8. The topological polar surface area (TPSA) is 47.6 Å².